The molecule has 1 atom stereocenters. The fourth-order valence-corrected chi connectivity index (χ4v) is 5.44. The first-order valence-corrected chi connectivity index (χ1v) is 12.2. The van der Waals surface area contributed by atoms with Crippen molar-refractivity contribution in [1.29, 1.82) is 0 Å². The third kappa shape index (κ3) is 3.80. The standard InChI is InChI=1S/C31H30N2O4/c1-16-13-19(4)30(37-6)23(14-16)28(34)26-27(25-20(5)32-24-10-8-7-9-22(24)25)33(31(36)29(26)35)21-12-11-17(2)18(3)15-21/h7-15,27,32,34H,1-6H3/b28-26+. The summed E-state index contributed by atoms with van der Waals surface area (Å²) < 4.78 is 5.62. The van der Waals surface area contributed by atoms with E-state index in [9.17, 15) is 14.7 Å². The molecule has 0 bridgehead atoms. The summed E-state index contributed by atoms with van der Waals surface area (Å²) >= 11 is 0. The van der Waals surface area contributed by atoms with Gasteiger partial charge in [-0.05, 0) is 81.1 Å². The van der Waals surface area contributed by atoms with Gasteiger partial charge in [0.1, 0.15) is 11.5 Å². The molecule has 1 aliphatic heterocycles. The molecule has 0 spiro atoms. The molecule has 0 aliphatic carbocycles. The van der Waals surface area contributed by atoms with Gasteiger partial charge in [0.15, 0.2) is 0 Å². The highest BCUT2D eigenvalue weighted by Gasteiger charge is 2.48. The summed E-state index contributed by atoms with van der Waals surface area (Å²) in [5, 5.41) is 12.6. The quantitative estimate of drug-likeness (QED) is 0.197. The number of para-hydroxylation sites is 1. The number of benzene rings is 3. The van der Waals surface area contributed by atoms with Crippen molar-refractivity contribution in [2.75, 3.05) is 12.0 Å². The minimum absolute atomic E-state index is 0.0411. The molecule has 2 heterocycles. The number of aryl methyl sites for hydroxylation is 5. The normalized spacial score (nSPS) is 17.1. The third-order valence-corrected chi connectivity index (χ3v) is 7.31. The molecule has 6 heteroatoms. The topological polar surface area (TPSA) is 82.6 Å². The van der Waals surface area contributed by atoms with Crippen LogP contribution >= 0.6 is 0 Å². The number of nitrogens with one attached hydrogen (secondary N) is 1. The molecule has 1 amide bonds. The molecule has 188 valence electrons. The first-order valence-electron chi connectivity index (χ1n) is 12.2. The molecule has 3 aromatic carbocycles. The van der Waals surface area contributed by atoms with Crippen molar-refractivity contribution in [2.24, 2.45) is 0 Å². The van der Waals surface area contributed by atoms with Crippen molar-refractivity contribution in [3.63, 3.8) is 0 Å². The SMILES string of the molecule is COc1c(C)cc(C)cc1/C(O)=C1\C(=O)C(=O)N(c2ccc(C)c(C)c2)C1c1c(C)[nH]c2ccccc12. The van der Waals surface area contributed by atoms with E-state index in [1.165, 1.54) is 12.0 Å². The van der Waals surface area contributed by atoms with Gasteiger partial charge in [-0.1, -0.05) is 30.3 Å². The van der Waals surface area contributed by atoms with Crippen LogP contribution in [-0.2, 0) is 9.59 Å². The molecular formula is C31H30N2O4. The summed E-state index contributed by atoms with van der Waals surface area (Å²) in [7, 11) is 1.53. The smallest absolute Gasteiger partial charge is 0.300 e. The highest BCUT2D eigenvalue weighted by atomic mass is 16.5. The lowest BCUT2D eigenvalue weighted by Crippen LogP contribution is -2.29. The summed E-state index contributed by atoms with van der Waals surface area (Å²) in [5.74, 6) is -1.19. The first kappa shape index (κ1) is 24.4. The molecule has 1 aromatic heterocycles. The van der Waals surface area contributed by atoms with E-state index in [0.717, 1.165) is 44.4 Å². The average molecular weight is 495 g/mol. The lowest BCUT2D eigenvalue weighted by Gasteiger charge is -2.26. The Morgan fingerprint density at radius 2 is 1.65 bits per heavy atom. The number of rotatable bonds is 4. The zero-order valence-electron chi connectivity index (χ0n) is 21.9. The summed E-state index contributed by atoms with van der Waals surface area (Å²) in [6.07, 6.45) is 0. The third-order valence-electron chi connectivity index (χ3n) is 7.31. The van der Waals surface area contributed by atoms with Crippen LogP contribution in [-0.4, -0.2) is 28.9 Å². The molecule has 4 aromatic rings. The largest absolute Gasteiger partial charge is 0.507 e. The Hall–Kier alpha value is -4.32. The van der Waals surface area contributed by atoms with Gasteiger partial charge in [0, 0.05) is 27.8 Å². The summed E-state index contributed by atoms with van der Waals surface area (Å²) in [6.45, 7) is 9.70. The monoisotopic (exact) mass is 494 g/mol. The van der Waals surface area contributed by atoms with Crippen molar-refractivity contribution >= 4 is 34.0 Å². The summed E-state index contributed by atoms with van der Waals surface area (Å²) in [5.41, 5.74) is 7.34. The second-order valence-corrected chi connectivity index (χ2v) is 9.81. The molecule has 5 rings (SSSR count). The lowest BCUT2D eigenvalue weighted by atomic mass is 9.92. The van der Waals surface area contributed by atoms with Crippen LogP contribution in [0.4, 0.5) is 5.69 Å². The van der Waals surface area contributed by atoms with E-state index in [-0.39, 0.29) is 11.3 Å². The van der Waals surface area contributed by atoms with E-state index in [1.54, 1.807) is 6.07 Å². The number of nitrogens with zero attached hydrogens (tertiary/aromatic N) is 1. The second-order valence-electron chi connectivity index (χ2n) is 9.81. The van der Waals surface area contributed by atoms with Crippen LogP contribution in [0.25, 0.3) is 16.7 Å². The molecule has 0 saturated carbocycles. The Balaban J connectivity index is 1.86. The lowest BCUT2D eigenvalue weighted by molar-refractivity contribution is -0.132. The van der Waals surface area contributed by atoms with Crippen LogP contribution in [0, 0.1) is 34.6 Å². The number of Topliss-reactive ketones (excluding diaryl/α,β-unsaturated/α-hetero) is 1. The van der Waals surface area contributed by atoms with Crippen LogP contribution in [0.1, 0.15) is 45.1 Å². The number of fused-ring (bicyclic) bond motifs is 1. The molecule has 1 saturated heterocycles. The maximum Gasteiger partial charge on any atom is 0.300 e. The van der Waals surface area contributed by atoms with E-state index in [2.05, 4.69) is 4.98 Å². The van der Waals surface area contributed by atoms with Crippen molar-refractivity contribution < 1.29 is 19.4 Å². The number of H-pyrrole nitrogens is 1. The van der Waals surface area contributed by atoms with Gasteiger partial charge in [0.25, 0.3) is 11.7 Å². The fourth-order valence-electron chi connectivity index (χ4n) is 5.44. The van der Waals surface area contributed by atoms with Crippen molar-refractivity contribution in [3.8, 4) is 5.75 Å². The number of aromatic nitrogens is 1. The van der Waals surface area contributed by atoms with E-state index in [1.807, 2.05) is 83.1 Å². The Labute approximate surface area is 216 Å². The Morgan fingerprint density at radius 1 is 0.919 bits per heavy atom. The van der Waals surface area contributed by atoms with Crippen molar-refractivity contribution in [2.45, 2.75) is 40.7 Å². The number of aromatic amines is 1. The van der Waals surface area contributed by atoms with Crippen LogP contribution in [0.3, 0.4) is 0 Å². The summed E-state index contributed by atoms with van der Waals surface area (Å²) in [6, 6.07) is 16.4. The van der Waals surface area contributed by atoms with Gasteiger partial charge in [0.2, 0.25) is 0 Å². The molecule has 1 unspecified atom stereocenters. The van der Waals surface area contributed by atoms with Gasteiger partial charge in [-0.2, -0.15) is 0 Å². The first-order chi connectivity index (χ1) is 17.6. The zero-order chi connectivity index (χ0) is 26.6. The molecular weight excluding hydrogens is 464 g/mol. The Kier molecular flexibility index (Phi) is 5.91. The highest BCUT2D eigenvalue weighted by molar-refractivity contribution is 6.52. The number of aliphatic hydroxyl groups is 1. The molecule has 37 heavy (non-hydrogen) atoms. The molecule has 0 radical (unpaired) electrons. The van der Waals surface area contributed by atoms with E-state index < -0.39 is 17.7 Å². The number of carbonyl (C=O) groups is 2. The van der Waals surface area contributed by atoms with Crippen molar-refractivity contribution in [3.05, 3.63) is 99.2 Å². The number of ketones is 1. The number of hydrogen-bond acceptors (Lipinski definition) is 4. The number of methoxy groups -OCH3 is 1. The van der Waals surface area contributed by atoms with E-state index >= 15 is 0 Å². The minimum atomic E-state index is -0.830. The number of aliphatic hydroxyl groups excluding tert-OH is 1. The van der Waals surface area contributed by atoms with Crippen LogP contribution < -0.4 is 9.64 Å². The number of ether oxygens (including phenoxy) is 1. The maximum atomic E-state index is 13.7. The minimum Gasteiger partial charge on any atom is -0.507 e. The predicted molar refractivity (Wildman–Crippen MR) is 146 cm³/mol. The molecule has 6 nitrogen and oxygen atoms in total. The van der Waals surface area contributed by atoms with E-state index in [0.29, 0.717) is 17.0 Å². The van der Waals surface area contributed by atoms with Gasteiger partial charge in [-0.15, -0.1) is 0 Å². The van der Waals surface area contributed by atoms with Gasteiger partial charge in [-0.25, -0.2) is 0 Å². The molecule has 2 N–H and O–H groups in total. The highest BCUT2D eigenvalue weighted by Crippen LogP contribution is 2.46. The maximum absolute atomic E-state index is 13.7. The predicted octanol–water partition coefficient (Wildman–Crippen LogP) is 6.34. The van der Waals surface area contributed by atoms with Gasteiger partial charge < -0.3 is 14.8 Å². The number of amides is 1. The van der Waals surface area contributed by atoms with Gasteiger partial charge >= 0.3 is 0 Å². The Morgan fingerprint density at radius 3 is 2.35 bits per heavy atom. The number of anilines is 1. The van der Waals surface area contributed by atoms with Gasteiger partial charge in [0.05, 0.1) is 24.3 Å². The van der Waals surface area contributed by atoms with Crippen molar-refractivity contribution in [1.82, 2.24) is 4.98 Å². The second kappa shape index (κ2) is 8.96. The number of carbonyl (C=O) groups excluding carboxylic acids is 2. The number of hydrogen-bond donors (Lipinski definition) is 2. The van der Waals surface area contributed by atoms with Crippen LogP contribution in [0.15, 0.2) is 60.2 Å². The average Bonchev–Trinajstić information content (AvgIpc) is 3.32. The zero-order valence-corrected chi connectivity index (χ0v) is 21.9. The fraction of sp³-hybridized carbons (Fsp3) is 0.226. The molecule has 1 fully saturated rings. The Bertz CT molecular complexity index is 1630. The molecule has 1 aliphatic rings. The van der Waals surface area contributed by atoms with Gasteiger partial charge in [-0.3, -0.25) is 14.5 Å². The van der Waals surface area contributed by atoms with Crippen LogP contribution in [0.5, 0.6) is 5.75 Å². The van der Waals surface area contributed by atoms with E-state index in [4.69, 9.17) is 4.74 Å². The van der Waals surface area contributed by atoms with Crippen LogP contribution in [0.2, 0.25) is 0 Å². The summed E-state index contributed by atoms with van der Waals surface area (Å²) in [4.78, 5) is 32.3.